The number of carboxylic acid groups (broad SMARTS) is 2. The molecule has 2 N–H and O–H groups in total. The van der Waals surface area contributed by atoms with Crippen LogP contribution in [0.25, 0.3) is 0 Å². The molecule has 1 aromatic rings. The molecule has 0 radical (unpaired) electrons. The molecule has 1 aliphatic rings. The first kappa shape index (κ1) is 13.7. The SMILES string of the molecule is O=C(c1ccccc1)C1C=CC(C(=O)O)(C(=O)O)C=C1. The number of allylic oxidation sites excluding steroid dienone is 2. The van der Waals surface area contributed by atoms with E-state index in [0.29, 0.717) is 5.56 Å². The molecule has 0 aromatic heterocycles. The van der Waals surface area contributed by atoms with Crippen molar-refractivity contribution in [2.24, 2.45) is 11.3 Å². The third-order valence-corrected chi connectivity index (χ3v) is 3.20. The number of hydrogen-bond acceptors (Lipinski definition) is 3. The van der Waals surface area contributed by atoms with Crippen molar-refractivity contribution in [2.75, 3.05) is 0 Å². The molecule has 1 aromatic carbocycles. The van der Waals surface area contributed by atoms with E-state index in [1.807, 2.05) is 0 Å². The second-order valence-electron chi connectivity index (χ2n) is 4.45. The van der Waals surface area contributed by atoms with Crippen molar-refractivity contribution in [3.8, 4) is 0 Å². The minimum absolute atomic E-state index is 0.206. The van der Waals surface area contributed by atoms with Crippen LogP contribution in [0.2, 0.25) is 0 Å². The first-order chi connectivity index (χ1) is 9.47. The van der Waals surface area contributed by atoms with Gasteiger partial charge in [0.15, 0.2) is 5.78 Å². The number of benzene rings is 1. The van der Waals surface area contributed by atoms with Crippen molar-refractivity contribution in [3.05, 3.63) is 60.2 Å². The van der Waals surface area contributed by atoms with Gasteiger partial charge in [-0.2, -0.15) is 0 Å². The Bertz CT molecular complexity index is 582. The minimum atomic E-state index is -2.09. The molecular formula is C15H12O5. The second kappa shape index (κ2) is 5.13. The zero-order valence-electron chi connectivity index (χ0n) is 10.4. The highest BCUT2D eigenvalue weighted by molar-refractivity contribution is 6.05. The van der Waals surface area contributed by atoms with Crippen molar-refractivity contribution in [3.63, 3.8) is 0 Å². The quantitative estimate of drug-likeness (QED) is 0.495. The highest BCUT2D eigenvalue weighted by atomic mass is 16.4. The van der Waals surface area contributed by atoms with Crippen LogP contribution >= 0.6 is 0 Å². The van der Waals surface area contributed by atoms with Crippen LogP contribution < -0.4 is 0 Å². The maximum absolute atomic E-state index is 12.2. The number of carbonyl (C=O) groups is 3. The Morgan fingerprint density at radius 3 is 1.85 bits per heavy atom. The van der Waals surface area contributed by atoms with Gasteiger partial charge in [0.05, 0.1) is 5.92 Å². The maximum Gasteiger partial charge on any atom is 0.328 e. The predicted octanol–water partition coefficient (Wildman–Crippen LogP) is 1.77. The van der Waals surface area contributed by atoms with Gasteiger partial charge in [-0.05, 0) is 0 Å². The van der Waals surface area contributed by atoms with E-state index in [1.165, 1.54) is 12.2 Å². The molecule has 2 rings (SSSR count). The van der Waals surface area contributed by atoms with Gasteiger partial charge in [0.1, 0.15) is 0 Å². The monoisotopic (exact) mass is 272 g/mol. The van der Waals surface area contributed by atoms with E-state index in [9.17, 15) is 14.4 Å². The number of Topliss-reactive ketones (excluding diaryl/α,β-unsaturated/α-hetero) is 1. The Balaban J connectivity index is 2.26. The van der Waals surface area contributed by atoms with E-state index in [-0.39, 0.29) is 5.78 Å². The molecule has 20 heavy (non-hydrogen) atoms. The van der Waals surface area contributed by atoms with Crippen molar-refractivity contribution in [1.29, 1.82) is 0 Å². The molecule has 0 saturated carbocycles. The Morgan fingerprint density at radius 2 is 1.40 bits per heavy atom. The van der Waals surface area contributed by atoms with Crippen LogP contribution in [0.15, 0.2) is 54.6 Å². The summed E-state index contributed by atoms with van der Waals surface area (Å²) in [5.41, 5.74) is -1.60. The molecule has 0 amide bonds. The van der Waals surface area contributed by atoms with Crippen LogP contribution in [0.1, 0.15) is 10.4 Å². The summed E-state index contributed by atoms with van der Waals surface area (Å²) in [5.74, 6) is -3.82. The average molecular weight is 272 g/mol. The Labute approximate surface area is 114 Å². The fourth-order valence-corrected chi connectivity index (χ4v) is 1.98. The lowest BCUT2D eigenvalue weighted by Gasteiger charge is -2.22. The Hall–Kier alpha value is -2.69. The highest BCUT2D eigenvalue weighted by Crippen LogP contribution is 2.29. The van der Waals surface area contributed by atoms with E-state index in [0.717, 1.165) is 12.2 Å². The smallest absolute Gasteiger partial charge is 0.328 e. The largest absolute Gasteiger partial charge is 0.480 e. The van der Waals surface area contributed by atoms with E-state index < -0.39 is 23.3 Å². The van der Waals surface area contributed by atoms with Gasteiger partial charge in [0.25, 0.3) is 0 Å². The van der Waals surface area contributed by atoms with Crippen molar-refractivity contribution in [2.45, 2.75) is 0 Å². The molecule has 5 heteroatoms. The molecule has 0 atom stereocenters. The first-order valence-corrected chi connectivity index (χ1v) is 5.92. The number of carboxylic acids is 2. The van der Waals surface area contributed by atoms with Crippen LogP contribution in [0.3, 0.4) is 0 Å². The van der Waals surface area contributed by atoms with Gasteiger partial charge >= 0.3 is 11.9 Å². The zero-order valence-corrected chi connectivity index (χ0v) is 10.4. The van der Waals surface area contributed by atoms with E-state index in [1.54, 1.807) is 30.3 Å². The summed E-state index contributed by atoms with van der Waals surface area (Å²) >= 11 is 0. The summed E-state index contributed by atoms with van der Waals surface area (Å²) < 4.78 is 0. The molecule has 5 nitrogen and oxygen atoms in total. The summed E-state index contributed by atoms with van der Waals surface area (Å²) in [4.78, 5) is 34.3. The third-order valence-electron chi connectivity index (χ3n) is 3.20. The van der Waals surface area contributed by atoms with Gasteiger partial charge in [0.2, 0.25) is 5.41 Å². The summed E-state index contributed by atoms with van der Waals surface area (Å²) in [6.07, 6.45) is 4.72. The Kier molecular flexibility index (Phi) is 3.52. The van der Waals surface area contributed by atoms with Crippen molar-refractivity contribution >= 4 is 17.7 Å². The van der Waals surface area contributed by atoms with Gasteiger partial charge in [-0.1, -0.05) is 54.6 Å². The summed E-state index contributed by atoms with van der Waals surface area (Å²) in [6.45, 7) is 0. The fraction of sp³-hybridized carbons (Fsp3) is 0.133. The standard InChI is InChI=1S/C15H12O5/c16-12(10-4-2-1-3-5-10)11-6-8-15(9-7-11,13(17)18)14(19)20/h1-9,11H,(H,17,18)(H,19,20). The Morgan fingerprint density at radius 1 is 0.900 bits per heavy atom. The summed E-state index contributed by atoms with van der Waals surface area (Å²) in [7, 11) is 0. The summed E-state index contributed by atoms with van der Waals surface area (Å²) in [5, 5.41) is 18.1. The van der Waals surface area contributed by atoms with Crippen LogP contribution in [0, 0.1) is 11.3 Å². The van der Waals surface area contributed by atoms with Crippen molar-refractivity contribution in [1.82, 2.24) is 0 Å². The molecule has 1 aliphatic carbocycles. The van der Waals surface area contributed by atoms with E-state index in [4.69, 9.17) is 10.2 Å². The number of rotatable bonds is 4. The third kappa shape index (κ3) is 2.25. The highest BCUT2D eigenvalue weighted by Gasteiger charge is 2.43. The zero-order chi connectivity index (χ0) is 14.8. The van der Waals surface area contributed by atoms with Gasteiger partial charge in [-0.15, -0.1) is 0 Å². The molecule has 0 unspecified atom stereocenters. The van der Waals surface area contributed by atoms with Gasteiger partial charge in [-0.3, -0.25) is 14.4 Å². The second-order valence-corrected chi connectivity index (χ2v) is 4.45. The fourth-order valence-electron chi connectivity index (χ4n) is 1.98. The molecule has 102 valence electrons. The molecular weight excluding hydrogens is 260 g/mol. The molecule has 0 saturated heterocycles. The first-order valence-electron chi connectivity index (χ1n) is 5.92. The van der Waals surface area contributed by atoms with E-state index >= 15 is 0 Å². The molecule has 0 spiro atoms. The molecule has 0 fully saturated rings. The van der Waals surface area contributed by atoms with Crippen LogP contribution in [0.5, 0.6) is 0 Å². The molecule has 0 aliphatic heterocycles. The molecule has 0 heterocycles. The maximum atomic E-state index is 12.2. The van der Waals surface area contributed by atoms with E-state index in [2.05, 4.69) is 0 Å². The van der Waals surface area contributed by atoms with Gasteiger partial charge in [-0.25, -0.2) is 0 Å². The van der Waals surface area contributed by atoms with Crippen LogP contribution in [0.4, 0.5) is 0 Å². The number of ketones is 1. The lowest BCUT2D eigenvalue weighted by Crippen LogP contribution is -2.37. The van der Waals surface area contributed by atoms with Gasteiger partial charge in [0, 0.05) is 5.56 Å². The van der Waals surface area contributed by atoms with Crippen LogP contribution in [-0.2, 0) is 9.59 Å². The number of carbonyl (C=O) groups excluding carboxylic acids is 1. The van der Waals surface area contributed by atoms with Crippen LogP contribution in [-0.4, -0.2) is 27.9 Å². The van der Waals surface area contributed by atoms with Gasteiger partial charge < -0.3 is 10.2 Å². The molecule has 0 bridgehead atoms. The minimum Gasteiger partial charge on any atom is -0.480 e. The average Bonchev–Trinajstić information content (AvgIpc) is 2.47. The normalized spacial score (nSPS) is 16.8. The topological polar surface area (TPSA) is 91.7 Å². The van der Waals surface area contributed by atoms with Crippen molar-refractivity contribution < 1.29 is 24.6 Å². The number of hydrogen-bond donors (Lipinski definition) is 2. The number of aliphatic carboxylic acids is 2. The lowest BCUT2D eigenvalue weighted by atomic mass is 9.80. The summed E-state index contributed by atoms with van der Waals surface area (Å²) in [6, 6.07) is 8.54. The lowest BCUT2D eigenvalue weighted by molar-refractivity contribution is -0.157. The predicted molar refractivity (Wildman–Crippen MR) is 70.2 cm³/mol.